The van der Waals surface area contributed by atoms with Gasteiger partial charge < -0.3 is 15.0 Å². The van der Waals surface area contributed by atoms with Crippen molar-refractivity contribution < 1.29 is 17.9 Å². The Labute approximate surface area is 271 Å². The molecule has 5 aliphatic heterocycles. The fraction of sp³-hybridized carbons (Fsp3) is 0.486. The first kappa shape index (κ1) is 29.2. The van der Waals surface area contributed by atoms with Crippen LogP contribution in [0.15, 0.2) is 30.3 Å². The Bertz CT molecular complexity index is 1980. The fourth-order valence-electron chi connectivity index (χ4n) is 9.43. The highest BCUT2D eigenvalue weighted by Crippen LogP contribution is 2.47. The van der Waals surface area contributed by atoms with Crippen molar-refractivity contribution in [2.24, 2.45) is 0 Å². The zero-order valence-electron chi connectivity index (χ0n) is 26.4. The van der Waals surface area contributed by atoms with E-state index in [1.54, 1.807) is 12.1 Å². The number of hydrogen-bond acceptors (Lipinski definition) is 7. The Hall–Kier alpha value is -3.94. The number of hydrogen-bond donors (Lipinski definition) is 1. The molecule has 7 nitrogen and oxygen atoms in total. The predicted octanol–water partition coefficient (Wildman–Crippen LogP) is 6.27. The van der Waals surface area contributed by atoms with Crippen LogP contribution in [0.4, 0.5) is 19.0 Å². The summed E-state index contributed by atoms with van der Waals surface area (Å²) >= 11 is 0. The SMILES string of the molecule is C#Cc1c(F)ccc2cccc(-c3nc4c5c(nc(OC[C@@]67CCCN6C[C@H](F)C7)nc5c3F)N3C[C@H]5CC[C@H](N5)[C@H]3C[C@@H]4CC)c12. The Balaban J connectivity index is 1.27. The molecule has 0 radical (unpaired) electrons. The Morgan fingerprint density at radius 2 is 2.00 bits per heavy atom. The molecular formula is C37H37F3N6O. The molecule has 10 heteroatoms. The summed E-state index contributed by atoms with van der Waals surface area (Å²) in [7, 11) is 0. The number of alkyl halides is 1. The number of nitrogens with one attached hydrogen (secondary N) is 1. The number of halogens is 3. The quantitative estimate of drug-likeness (QED) is 0.259. The molecule has 7 heterocycles. The summed E-state index contributed by atoms with van der Waals surface area (Å²) in [6.45, 7) is 4.39. The molecule has 0 unspecified atom stereocenters. The molecule has 47 heavy (non-hydrogen) atoms. The lowest BCUT2D eigenvalue weighted by molar-refractivity contribution is 0.107. The van der Waals surface area contributed by atoms with E-state index in [1.807, 2.05) is 12.1 Å². The van der Waals surface area contributed by atoms with Gasteiger partial charge in [-0.2, -0.15) is 9.97 Å². The number of benzene rings is 2. The van der Waals surface area contributed by atoms with Crippen molar-refractivity contribution in [3.63, 3.8) is 0 Å². The van der Waals surface area contributed by atoms with Gasteiger partial charge in [-0.3, -0.25) is 4.90 Å². The molecule has 0 saturated carbocycles. The predicted molar refractivity (Wildman–Crippen MR) is 175 cm³/mol. The smallest absolute Gasteiger partial charge is 0.319 e. The highest BCUT2D eigenvalue weighted by Gasteiger charge is 2.50. The lowest BCUT2D eigenvalue weighted by atomic mass is 9.88. The lowest BCUT2D eigenvalue weighted by Gasteiger charge is -2.42. The van der Waals surface area contributed by atoms with Crippen LogP contribution in [0, 0.1) is 24.0 Å². The summed E-state index contributed by atoms with van der Waals surface area (Å²) in [5.74, 6) is 2.01. The van der Waals surface area contributed by atoms with E-state index in [0.29, 0.717) is 52.6 Å². The summed E-state index contributed by atoms with van der Waals surface area (Å²) in [5, 5.41) is 5.57. The van der Waals surface area contributed by atoms with Crippen LogP contribution in [0.25, 0.3) is 32.9 Å². The van der Waals surface area contributed by atoms with E-state index >= 15 is 8.78 Å². The molecule has 0 spiro atoms. The normalized spacial score (nSPS) is 29.6. The van der Waals surface area contributed by atoms with Gasteiger partial charge in [0.2, 0.25) is 0 Å². The van der Waals surface area contributed by atoms with Crippen LogP contribution in [0.5, 0.6) is 6.01 Å². The van der Waals surface area contributed by atoms with Crippen molar-refractivity contribution in [2.75, 3.05) is 31.1 Å². The van der Waals surface area contributed by atoms with Gasteiger partial charge in [0.05, 0.1) is 22.2 Å². The standard InChI is InChI=1S/C37H37F3N6O/c1-3-20-15-28-27-12-10-23(41-27)18-46(28)35-30-32(20)42-33(25-8-5-7-21-9-11-26(39)24(4-2)29(21)25)31(40)34(30)43-36(44-35)47-19-37-13-6-14-45(37)17-22(38)16-37/h2,5,7-9,11,20,22-23,27-28,41H,3,6,10,12-19H2,1H3/t20-,22+,23+,27-,28+,37-/m0/s1. The second-order valence-electron chi connectivity index (χ2n) is 14.2. The second kappa shape index (κ2) is 10.8. The topological polar surface area (TPSA) is 66.4 Å². The minimum absolute atomic E-state index is 0.0182. The molecule has 4 aromatic rings. The van der Waals surface area contributed by atoms with E-state index in [-0.39, 0.29) is 41.4 Å². The molecule has 4 saturated heterocycles. The second-order valence-corrected chi connectivity index (χ2v) is 14.2. The average molecular weight is 639 g/mol. The maximum atomic E-state index is 17.2. The molecule has 4 fully saturated rings. The molecule has 2 aromatic carbocycles. The van der Waals surface area contributed by atoms with E-state index in [9.17, 15) is 4.39 Å². The van der Waals surface area contributed by atoms with Crippen molar-refractivity contribution in [3.05, 3.63) is 53.2 Å². The van der Waals surface area contributed by atoms with Crippen molar-refractivity contribution in [3.8, 4) is 29.6 Å². The minimum atomic E-state index is -0.892. The van der Waals surface area contributed by atoms with E-state index in [1.165, 1.54) is 6.07 Å². The van der Waals surface area contributed by atoms with E-state index < -0.39 is 23.3 Å². The number of nitrogens with zero attached hydrogens (tertiary/aromatic N) is 5. The molecule has 0 aliphatic carbocycles. The van der Waals surface area contributed by atoms with E-state index in [4.69, 9.17) is 26.1 Å². The molecular weight excluding hydrogens is 601 g/mol. The third-order valence-corrected chi connectivity index (χ3v) is 11.6. The highest BCUT2D eigenvalue weighted by molar-refractivity contribution is 6.03. The van der Waals surface area contributed by atoms with Gasteiger partial charge in [-0.15, -0.1) is 6.42 Å². The molecule has 6 atom stereocenters. The lowest BCUT2D eigenvalue weighted by Crippen LogP contribution is -2.58. The van der Waals surface area contributed by atoms with Crippen molar-refractivity contribution in [2.45, 2.75) is 87.6 Å². The summed E-state index contributed by atoms with van der Waals surface area (Å²) < 4.78 is 53.3. The number of rotatable bonds is 5. The summed E-state index contributed by atoms with van der Waals surface area (Å²) in [6.07, 6.45) is 10.9. The van der Waals surface area contributed by atoms with Gasteiger partial charge in [-0.05, 0) is 56.5 Å². The van der Waals surface area contributed by atoms with Gasteiger partial charge in [0.15, 0.2) is 5.82 Å². The maximum absolute atomic E-state index is 17.2. The summed E-state index contributed by atoms with van der Waals surface area (Å²) in [4.78, 5) is 19.4. The molecule has 5 aliphatic rings. The van der Waals surface area contributed by atoms with Gasteiger partial charge in [-0.1, -0.05) is 37.1 Å². The maximum Gasteiger partial charge on any atom is 0.319 e. The minimum Gasteiger partial charge on any atom is -0.461 e. The Kier molecular flexibility index (Phi) is 6.71. The number of ether oxygens (including phenoxy) is 1. The number of aromatic nitrogens is 3. The summed E-state index contributed by atoms with van der Waals surface area (Å²) in [6, 6.07) is 9.24. The molecule has 9 rings (SSSR count). The van der Waals surface area contributed by atoms with Gasteiger partial charge in [0, 0.05) is 54.5 Å². The first-order valence-electron chi connectivity index (χ1n) is 17.0. The van der Waals surface area contributed by atoms with Crippen LogP contribution in [0.1, 0.15) is 69.0 Å². The number of pyridine rings is 1. The highest BCUT2D eigenvalue weighted by atomic mass is 19.1. The van der Waals surface area contributed by atoms with E-state index in [2.05, 4.69) is 28.0 Å². The van der Waals surface area contributed by atoms with Crippen LogP contribution >= 0.6 is 0 Å². The summed E-state index contributed by atoms with van der Waals surface area (Å²) in [5.41, 5.74) is 1.07. The zero-order valence-corrected chi connectivity index (χ0v) is 26.4. The number of piperazine rings is 1. The molecule has 0 amide bonds. The first-order chi connectivity index (χ1) is 22.9. The van der Waals surface area contributed by atoms with Crippen LogP contribution in [-0.4, -0.2) is 75.9 Å². The average Bonchev–Trinajstić information content (AvgIpc) is 3.72. The Morgan fingerprint density at radius 1 is 1.11 bits per heavy atom. The number of fused-ring (bicyclic) bond motifs is 7. The van der Waals surface area contributed by atoms with Crippen molar-refractivity contribution >= 4 is 27.5 Å². The van der Waals surface area contributed by atoms with Crippen LogP contribution < -0.4 is 15.0 Å². The molecule has 2 aromatic heterocycles. The molecule has 242 valence electrons. The van der Waals surface area contributed by atoms with Gasteiger partial charge in [0.1, 0.15) is 35.6 Å². The van der Waals surface area contributed by atoms with Gasteiger partial charge in [0.25, 0.3) is 0 Å². The van der Waals surface area contributed by atoms with Gasteiger partial charge >= 0.3 is 6.01 Å². The van der Waals surface area contributed by atoms with Crippen molar-refractivity contribution in [1.29, 1.82) is 0 Å². The van der Waals surface area contributed by atoms with Crippen molar-refractivity contribution in [1.82, 2.24) is 25.2 Å². The fourth-order valence-corrected chi connectivity index (χ4v) is 9.43. The Morgan fingerprint density at radius 3 is 2.85 bits per heavy atom. The van der Waals surface area contributed by atoms with Crippen LogP contribution in [0.2, 0.25) is 0 Å². The first-order valence-corrected chi connectivity index (χ1v) is 17.0. The monoisotopic (exact) mass is 638 g/mol. The third kappa shape index (κ3) is 4.39. The zero-order chi connectivity index (χ0) is 32.0. The molecule has 2 bridgehead atoms. The van der Waals surface area contributed by atoms with E-state index in [0.717, 1.165) is 57.3 Å². The number of anilines is 1. The van der Waals surface area contributed by atoms with Gasteiger partial charge in [-0.25, -0.2) is 18.2 Å². The largest absolute Gasteiger partial charge is 0.461 e. The van der Waals surface area contributed by atoms with Crippen LogP contribution in [-0.2, 0) is 0 Å². The number of terminal acetylenes is 1. The molecule has 1 N–H and O–H groups in total. The third-order valence-electron chi connectivity index (χ3n) is 11.6. The van der Waals surface area contributed by atoms with Crippen LogP contribution in [0.3, 0.4) is 0 Å².